The van der Waals surface area contributed by atoms with E-state index in [9.17, 15) is 0 Å². The van der Waals surface area contributed by atoms with Crippen molar-refractivity contribution < 1.29 is 0 Å². The average Bonchev–Trinajstić information content (AvgIpc) is 3.36. The van der Waals surface area contributed by atoms with Gasteiger partial charge in [0, 0.05) is 29.9 Å². The van der Waals surface area contributed by atoms with Gasteiger partial charge in [-0.3, -0.25) is 15.1 Å². The van der Waals surface area contributed by atoms with Gasteiger partial charge in [-0.25, -0.2) is 0 Å². The van der Waals surface area contributed by atoms with Gasteiger partial charge in [-0.15, -0.1) is 0 Å². The zero-order valence-electron chi connectivity index (χ0n) is 14.5. The second kappa shape index (κ2) is 6.49. The van der Waals surface area contributed by atoms with Crippen molar-refractivity contribution in [2.24, 2.45) is 10.3 Å². The van der Waals surface area contributed by atoms with Crippen LogP contribution in [0, 0.1) is 0 Å². The molecule has 0 amide bonds. The predicted octanol–water partition coefficient (Wildman–Crippen LogP) is 3.10. The van der Waals surface area contributed by atoms with Gasteiger partial charge in [0.15, 0.2) is 0 Å². The Labute approximate surface area is 151 Å². The molecule has 0 aliphatic carbocycles. The number of hydrogen-bond donors (Lipinski definition) is 2. The summed E-state index contributed by atoms with van der Waals surface area (Å²) in [6, 6.07) is 10.9. The SMILES string of the molecule is c1cc(-c2n[nH]c3ccc(C4CN([C@@H]5CCCNC5)N=N4)cc23)ccn1. The van der Waals surface area contributed by atoms with Gasteiger partial charge in [-0.1, -0.05) is 11.3 Å². The summed E-state index contributed by atoms with van der Waals surface area (Å²) in [4.78, 5) is 4.09. The largest absolute Gasteiger partial charge is 0.315 e. The van der Waals surface area contributed by atoms with Crippen molar-refractivity contribution in [3.8, 4) is 11.3 Å². The van der Waals surface area contributed by atoms with Gasteiger partial charge >= 0.3 is 0 Å². The molecule has 2 aliphatic rings. The number of nitrogens with one attached hydrogen (secondary N) is 2. The van der Waals surface area contributed by atoms with E-state index in [-0.39, 0.29) is 6.04 Å². The molecule has 0 spiro atoms. The monoisotopic (exact) mass is 347 g/mol. The standard InChI is InChI=1S/C19H21N7/c1-2-15(11-21-7-1)26-12-18(23-25-26)14-3-4-17-16(10-14)19(24-22-17)13-5-8-20-9-6-13/h3-6,8-10,15,18,21H,1-2,7,11-12H2,(H,22,24)/t15-,18?/m1/s1. The summed E-state index contributed by atoms with van der Waals surface area (Å²) < 4.78 is 0. The summed E-state index contributed by atoms with van der Waals surface area (Å²) in [5.41, 5.74) is 4.23. The summed E-state index contributed by atoms with van der Waals surface area (Å²) >= 11 is 0. The van der Waals surface area contributed by atoms with Crippen LogP contribution in [0.15, 0.2) is 53.1 Å². The van der Waals surface area contributed by atoms with Gasteiger partial charge in [0.25, 0.3) is 0 Å². The van der Waals surface area contributed by atoms with E-state index in [0.29, 0.717) is 6.04 Å². The maximum Gasteiger partial charge on any atom is 0.117 e. The van der Waals surface area contributed by atoms with E-state index in [0.717, 1.165) is 41.8 Å². The molecule has 2 N–H and O–H groups in total. The van der Waals surface area contributed by atoms with Crippen LogP contribution >= 0.6 is 0 Å². The predicted molar refractivity (Wildman–Crippen MR) is 99.5 cm³/mol. The Morgan fingerprint density at radius 1 is 1.12 bits per heavy atom. The molecule has 0 saturated carbocycles. The van der Waals surface area contributed by atoms with Crippen molar-refractivity contribution in [2.45, 2.75) is 24.9 Å². The zero-order valence-corrected chi connectivity index (χ0v) is 14.5. The smallest absolute Gasteiger partial charge is 0.117 e. The molecule has 1 aromatic carbocycles. The lowest BCUT2D eigenvalue weighted by Gasteiger charge is -2.29. The molecule has 2 aromatic heterocycles. The average molecular weight is 347 g/mol. The van der Waals surface area contributed by atoms with Gasteiger partial charge in [0.2, 0.25) is 0 Å². The van der Waals surface area contributed by atoms with Crippen LogP contribution in [0.3, 0.4) is 0 Å². The number of aromatic nitrogens is 3. The van der Waals surface area contributed by atoms with Gasteiger partial charge in [0.05, 0.1) is 18.1 Å². The van der Waals surface area contributed by atoms with E-state index in [1.165, 1.54) is 18.4 Å². The first-order chi connectivity index (χ1) is 12.9. The van der Waals surface area contributed by atoms with Crippen LogP contribution in [-0.4, -0.2) is 45.9 Å². The van der Waals surface area contributed by atoms with Crippen LogP contribution in [-0.2, 0) is 0 Å². The first kappa shape index (κ1) is 15.5. The van der Waals surface area contributed by atoms with E-state index >= 15 is 0 Å². The highest BCUT2D eigenvalue weighted by molar-refractivity contribution is 5.93. The molecule has 3 aromatic rings. The number of fused-ring (bicyclic) bond motifs is 1. The first-order valence-electron chi connectivity index (χ1n) is 9.15. The molecule has 5 rings (SSSR count). The summed E-state index contributed by atoms with van der Waals surface area (Å²) in [5.74, 6) is 0. The molecule has 0 radical (unpaired) electrons. The van der Waals surface area contributed by atoms with Gasteiger partial charge in [-0.2, -0.15) is 10.2 Å². The minimum Gasteiger partial charge on any atom is -0.315 e. The topological polar surface area (TPSA) is 81.6 Å². The third-order valence-electron chi connectivity index (χ3n) is 5.28. The third-order valence-corrected chi connectivity index (χ3v) is 5.28. The fourth-order valence-electron chi connectivity index (χ4n) is 3.83. The molecule has 4 heterocycles. The Bertz CT molecular complexity index is 927. The van der Waals surface area contributed by atoms with E-state index in [4.69, 9.17) is 0 Å². The van der Waals surface area contributed by atoms with Crippen LogP contribution in [0.2, 0.25) is 0 Å². The van der Waals surface area contributed by atoms with Crippen LogP contribution in [0.1, 0.15) is 24.4 Å². The molecule has 7 heteroatoms. The zero-order chi connectivity index (χ0) is 17.3. The van der Waals surface area contributed by atoms with Gasteiger partial charge in [-0.05, 0) is 49.2 Å². The minimum atomic E-state index is 0.0847. The Hall–Kier alpha value is -2.80. The Balaban J connectivity index is 1.42. The summed E-state index contributed by atoms with van der Waals surface area (Å²) in [7, 11) is 0. The molecule has 0 bridgehead atoms. The summed E-state index contributed by atoms with van der Waals surface area (Å²) in [6.07, 6.45) is 5.98. The first-order valence-corrected chi connectivity index (χ1v) is 9.15. The fraction of sp³-hybridized carbons (Fsp3) is 0.368. The second-order valence-corrected chi connectivity index (χ2v) is 6.96. The Kier molecular flexibility index (Phi) is 3.86. The quantitative estimate of drug-likeness (QED) is 0.763. The third kappa shape index (κ3) is 2.74. The lowest BCUT2D eigenvalue weighted by atomic mass is 10.0. The molecule has 2 atom stereocenters. The van der Waals surface area contributed by atoms with Crippen LogP contribution < -0.4 is 5.32 Å². The van der Waals surface area contributed by atoms with Crippen molar-refractivity contribution in [1.29, 1.82) is 0 Å². The van der Waals surface area contributed by atoms with E-state index < -0.39 is 0 Å². The van der Waals surface area contributed by atoms with Crippen molar-refractivity contribution in [3.63, 3.8) is 0 Å². The van der Waals surface area contributed by atoms with Crippen molar-refractivity contribution in [1.82, 2.24) is 25.5 Å². The number of rotatable bonds is 3. The second-order valence-electron chi connectivity index (χ2n) is 6.96. The van der Waals surface area contributed by atoms with Crippen LogP contribution in [0.25, 0.3) is 22.2 Å². The fourth-order valence-corrected chi connectivity index (χ4v) is 3.83. The van der Waals surface area contributed by atoms with E-state index in [1.54, 1.807) is 12.4 Å². The van der Waals surface area contributed by atoms with Crippen LogP contribution in [0.5, 0.6) is 0 Å². The molecule has 26 heavy (non-hydrogen) atoms. The lowest BCUT2D eigenvalue weighted by molar-refractivity contribution is 0.184. The number of benzene rings is 1. The number of H-pyrrole nitrogens is 1. The lowest BCUT2D eigenvalue weighted by Crippen LogP contribution is -2.43. The molecule has 7 nitrogen and oxygen atoms in total. The normalized spacial score (nSPS) is 23.0. The number of nitrogens with zero attached hydrogens (tertiary/aromatic N) is 5. The highest BCUT2D eigenvalue weighted by Gasteiger charge is 2.28. The van der Waals surface area contributed by atoms with Crippen LogP contribution in [0.4, 0.5) is 0 Å². The number of aromatic amines is 1. The molecule has 1 saturated heterocycles. The van der Waals surface area contributed by atoms with Gasteiger partial charge < -0.3 is 5.32 Å². The minimum absolute atomic E-state index is 0.0847. The van der Waals surface area contributed by atoms with E-state index in [2.05, 4.69) is 54.0 Å². The van der Waals surface area contributed by atoms with Crippen molar-refractivity contribution in [3.05, 3.63) is 48.3 Å². The summed E-state index contributed by atoms with van der Waals surface area (Å²) in [6.45, 7) is 2.96. The number of pyridine rings is 1. The molecular formula is C19H21N7. The molecule has 2 aliphatic heterocycles. The molecule has 132 valence electrons. The van der Waals surface area contributed by atoms with Crippen molar-refractivity contribution >= 4 is 10.9 Å². The van der Waals surface area contributed by atoms with Crippen molar-refractivity contribution in [2.75, 3.05) is 19.6 Å². The number of hydrogen-bond acceptors (Lipinski definition) is 6. The Morgan fingerprint density at radius 3 is 2.88 bits per heavy atom. The maximum absolute atomic E-state index is 4.54. The number of piperidine rings is 1. The van der Waals surface area contributed by atoms with Gasteiger partial charge in [0.1, 0.15) is 11.7 Å². The molecular weight excluding hydrogens is 326 g/mol. The molecule has 1 unspecified atom stereocenters. The Morgan fingerprint density at radius 2 is 2.04 bits per heavy atom. The highest BCUT2D eigenvalue weighted by atomic mass is 15.6. The summed E-state index contributed by atoms with van der Waals surface area (Å²) in [5, 5.41) is 23.3. The molecule has 1 fully saturated rings. The van der Waals surface area contributed by atoms with E-state index in [1.807, 2.05) is 12.1 Å². The highest BCUT2D eigenvalue weighted by Crippen LogP contribution is 2.32. The maximum atomic E-state index is 4.54.